The number of hydrogen-bond donors (Lipinski definition) is 1. The summed E-state index contributed by atoms with van der Waals surface area (Å²) in [5.41, 5.74) is 0. The van der Waals surface area contributed by atoms with E-state index in [4.69, 9.17) is 4.74 Å². The Kier molecular flexibility index (Phi) is 6.49. The Morgan fingerprint density at radius 2 is 1.95 bits per heavy atom. The summed E-state index contributed by atoms with van der Waals surface area (Å²) in [6, 6.07) is 1.90. The number of hydrogen-bond acceptors (Lipinski definition) is 4. The number of rotatable bonds is 6. The molecule has 0 amide bonds. The zero-order valence-electron chi connectivity index (χ0n) is 13.9. The standard InChI is InChI=1S/C17H32N2O2/c1-13(2)19-11-14(8-9-17(20)21-3)10-16(12-19)18-15-6-4-5-7-15/h13-16,18H,4-12H2,1-3H3. The first kappa shape index (κ1) is 16.8. The predicted octanol–water partition coefficient (Wildman–Crippen LogP) is 2.57. The van der Waals surface area contributed by atoms with E-state index in [9.17, 15) is 4.79 Å². The van der Waals surface area contributed by atoms with Gasteiger partial charge in [0.1, 0.15) is 0 Å². The largest absolute Gasteiger partial charge is 0.469 e. The van der Waals surface area contributed by atoms with Gasteiger partial charge in [-0.05, 0) is 45.4 Å². The number of ether oxygens (including phenoxy) is 1. The maximum atomic E-state index is 11.4. The van der Waals surface area contributed by atoms with E-state index in [1.54, 1.807) is 0 Å². The Morgan fingerprint density at radius 3 is 2.57 bits per heavy atom. The van der Waals surface area contributed by atoms with Gasteiger partial charge in [-0.15, -0.1) is 0 Å². The molecule has 1 saturated carbocycles. The van der Waals surface area contributed by atoms with Crippen LogP contribution in [0.3, 0.4) is 0 Å². The first-order chi connectivity index (χ1) is 10.1. The van der Waals surface area contributed by atoms with Crippen molar-refractivity contribution in [2.24, 2.45) is 5.92 Å². The van der Waals surface area contributed by atoms with Gasteiger partial charge in [0.15, 0.2) is 0 Å². The van der Waals surface area contributed by atoms with Crippen molar-refractivity contribution in [2.45, 2.75) is 76.9 Å². The maximum absolute atomic E-state index is 11.4. The van der Waals surface area contributed by atoms with Crippen molar-refractivity contribution in [1.82, 2.24) is 10.2 Å². The highest BCUT2D eigenvalue weighted by Crippen LogP contribution is 2.25. The van der Waals surface area contributed by atoms with Crippen molar-refractivity contribution in [2.75, 3.05) is 20.2 Å². The van der Waals surface area contributed by atoms with Crippen LogP contribution in [0, 0.1) is 5.92 Å². The lowest BCUT2D eigenvalue weighted by Gasteiger charge is -2.41. The molecule has 4 nitrogen and oxygen atoms in total. The number of methoxy groups -OCH3 is 1. The van der Waals surface area contributed by atoms with Gasteiger partial charge in [0.2, 0.25) is 0 Å². The van der Waals surface area contributed by atoms with E-state index in [2.05, 4.69) is 24.1 Å². The van der Waals surface area contributed by atoms with E-state index in [0.717, 1.165) is 25.6 Å². The van der Waals surface area contributed by atoms with Gasteiger partial charge in [0.05, 0.1) is 7.11 Å². The van der Waals surface area contributed by atoms with Crippen LogP contribution in [-0.2, 0) is 9.53 Å². The van der Waals surface area contributed by atoms with Gasteiger partial charge in [-0.25, -0.2) is 0 Å². The predicted molar refractivity (Wildman–Crippen MR) is 85.2 cm³/mol. The average Bonchev–Trinajstić information content (AvgIpc) is 2.97. The molecule has 1 N–H and O–H groups in total. The van der Waals surface area contributed by atoms with E-state index in [-0.39, 0.29) is 5.97 Å². The van der Waals surface area contributed by atoms with E-state index in [0.29, 0.717) is 24.4 Å². The van der Waals surface area contributed by atoms with Crippen molar-refractivity contribution in [3.8, 4) is 0 Å². The smallest absolute Gasteiger partial charge is 0.305 e. The van der Waals surface area contributed by atoms with Crippen LogP contribution in [0.1, 0.15) is 58.8 Å². The van der Waals surface area contributed by atoms with E-state index >= 15 is 0 Å². The molecule has 0 aromatic rings. The minimum Gasteiger partial charge on any atom is -0.469 e. The number of esters is 1. The molecule has 0 aromatic carbocycles. The van der Waals surface area contributed by atoms with Crippen molar-refractivity contribution in [1.29, 1.82) is 0 Å². The zero-order chi connectivity index (χ0) is 15.2. The second-order valence-corrected chi connectivity index (χ2v) is 7.11. The van der Waals surface area contributed by atoms with Crippen LogP contribution in [0.2, 0.25) is 0 Å². The molecule has 0 radical (unpaired) electrons. The van der Waals surface area contributed by atoms with Crippen LogP contribution in [0.15, 0.2) is 0 Å². The average molecular weight is 296 g/mol. The highest BCUT2D eigenvalue weighted by molar-refractivity contribution is 5.69. The topological polar surface area (TPSA) is 41.6 Å². The van der Waals surface area contributed by atoms with Gasteiger partial charge < -0.3 is 10.1 Å². The van der Waals surface area contributed by atoms with E-state index in [1.165, 1.54) is 39.2 Å². The molecular weight excluding hydrogens is 264 g/mol. The number of piperidine rings is 1. The lowest BCUT2D eigenvalue weighted by molar-refractivity contribution is -0.141. The Hall–Kier alpha value is -0.610. The molecule has 21 heavy (non-hydrogen) atoms. The summed E-state index contributed by atoms with van der Waals surface area (Å²) in [4.78, 5) is 13.9. The molecule has 4 heteroatoms. The molecule has 2 unspecified atom stereocenters. The van der Waals surface area contributed by atoms with Crippen LogP contribution in [-0.4, -0.2) is 49.2 Å². The van der Waals surface area contributed by atoms with Crippen LogP contribution < -0.4 is 5.32 Å². The summed E-state index contributed by atoms with van der Waals surface area (Å²) >= 11 is 0. The first-order valence-electron chi connectivity index (χ1n) is 8.65. The molecule has 2 aliphatic rings. The van der Waals surface area contributed by atoms with Crippen LogP contribution >= 0.6 is 0 Å². The molecule has 122 valence electrons. The first-order valence-corrected chi connectivity index (χ1v) is 8.65. The minimum atomic E-state index is -0.0722. The zero-order valence-corrected chi connectivity index (χ0v) is 13.9. The fourth-order valence-electron chi connectivity index (χ4n) is 3.84. The Labute approximate surface area is 129 Å². The summed E-state index contributed by atoms with van der Waals surface area (Å²) in [6.45, 7) is 6.82. The molecule has 2 atom stereocenters. The number of nitrogens with zero attached hydrogens (tertiary/aromatic N) is 1. The molecule has 0 bridgehead atoms. The van der Waals surface area contributed by atoms with Gasteiger partial charge in [0, 0.05) is 37.6 Å². The summed E-state index contributed by atoms with van der Waals surface area (Å²) < 4.78 is 4.78. The Balaban J connectivity index is 1.86. The highest BCUT2D eigenvalue weighted by Gasteiger charge is 2.30. The Bertz CT molecular complexity index is 325. The van der Waals surface area contributed by atoms with Gasteiger partial charge >= 0.3 is 5.97 Å². The lowest BCUT2D eigenvalue weighted by atomic mass is 9.89. The maximum Gasteiger partial charge on any atom is 0.305 e. The minimum absolute atomic E-state index is 0.0722. The van der Waals surface area contributed by atoms with Gasteiger partial charge in [-0.2, -0.15) is 0 Å². The van der Waals surface area contributed by atoms with E-state index in [1.807, 2.05) is 0 Å². The molecule has 0 aromatic heterocycles. The Morgan fingerprint density at radius 1 is 1.24 bits per heavy atom. The summed E-state index contributed by atoms with van der Waals surface area (Å²) in [5.74, 6) is 0.538. The number of likely N-dealkylation sites (tertiary alicyclic amines) is 1. The van der Waals surface area contributed by atoms with Crippen molar-refractivity contribution >= 4 is 5.97 Å². The van der Waals surface area contributed by atoms with Crippen molar-refractivity contribution < 1.29 is 9.53 Å². The number of carbonyl (C=O) groups excluding carboxylic acids is 1. The third kappa shape index (κ3) is 5.26. The molecule has 1 saturated heterocycles. The molecular formula is C17H32N2O2. The monoisotopic (exact) mass is 296 g/mol. The molecule has 2 fully saturated rings. The van der Waals surface area contributed by atoms with Crippen molar-refractivity contribution in [3.63, 3.8) is 0 Å². The van der Waals surface area contributed by atoms with Crippen LogP contribution in [0.5, 0.6) is 0 Å². The van der Waals surface area contributed by atoms with Gasteiger partial charge in [-0.1, -0.05) is 12.8 Å². The summed E-state index contributed by atoms with van der Waals surface area (Å²) in [5, 5.41) is 3.88. The van der Waals surface area contributed by atoms with Gasteiger partial charge in [-0.3, -0.25) is 9.69 Å². The van der Waals surface area contributed by atoms with Crippen LogP contribution in [0.4, 0.5) is 0 Å². The summed E-state index contributed by atoms with van der Waals surface area (Å²) in [7, 11) is 1.48. The third-order valence-corrected chi connectivity index (χ3v) is 5.11. The lowest BCUT2D eigenvalue weighted by Crippen LogP contribution is -2.53. The number of nitrogens with one attached hydrogen (secondary N) is 1. The normalized spacial score (nSPS) is 28.2. The second kappa shape index (κ2) is 8.14. The molecule has 2 rings (SSSR count). The summed E-state index contributed by atoms with van der Waals surface area (Å²) in [6.07, 6.45) is 8.16. The van der Waals surface area contributed by atoms with E-state index < -0.39 is 0 Å². The quantitative estimate of drug-likeness (QED) is 0.765. The molecule has 1 heterocycles. The fraction of sp³-hybridized carbons (Fsp3) is 0.941. The second-order valence-electron chi connectivity index (χ2n) is 7.11. The third-order valence-electron chi connectivity index (χ3n) is 5.11. The SMILES string of the molecule is COC(=O)CCC1CC(NC2CCCC2)CN(C(C)C)C1. The van der Waals surface area contributed by atoms with Gasteiger partial charge in [0.25, 0.3) is 0 Å². The van der Waals surface area contributed by atoms with Crippen molar-refractivity contribution in [3.05, 3.63) is 0 Å². The molecule has 1 aliphatic heterocycles. The molecule has 0 spiro atoms. The molecule has 1 aliphatic carbocycles. The number of carbonyl (C=O) groups is 1. The van der Waals surface area contributed by atoms with Crippen LogP contribution in [0.25, 0.3) is 0 Å². The highest BCUT2D eigenvalue weighted by atomic mass is 16.5. The fourth-order valence-corrected chi connectivity index (χ4v) is 3.84.